The first-order valence-corrected chi connectivity index (χ1v) is 7.08. The molecule has 3 atom stereocenters. The van der Waals surface area contributed by atoms with Gasteiger partial charge in [0.15, 0.2) is 0 Å². The normalized spacial score (nSPS) is 21.8. The summed E-state index contributed by atoms with van der Waals surface area (Å²) < 4.78 is 0. The summed E-state index contributed by atoms with van der Waals surface area (Å²) in [6, 6.07) is 13.5. The van der Waals surface area contributed by atoms with Gasteiger partial charge in [-0.05, 0) is 35.6 Å². The smallest absolute Gasteiger partial charge is 0.325 e. The molecule has 3 rings (SSSR count). The molecule has 0 spiro atoms. The van der Waals surface area contributed by atoms with Gasteiger partial charge in [0.1, 0.15) is 6.04 Å². The van der Waals surface area contributed by atoms with Crippen molar-refractivity contribution in [3.05, 3.63) is 48.0 Å². The van der Waals surface area contributed by atoms with Crippen LogP contribution in [0.15, 0.2) is 42.5 Å². The predicted octanol–water partition coefficient (Wildman–Crippen LogP) is 2.53. The van der Waals surface area contributed by atoms with Crippen LogP contribution in [-0.2, 0) is 9.59 Å². The number of benzene rings is 2. The van der Waals surface area contributed by atoms with Crippen LogP contribution in [0.3, 0.4) is 0 Å². The maximum Gasteiger partial charge on any atom is 0.325 e. The zero-order chi connectivity index (χ0) is 15.0. The van der Waals surface area contributed by atoms with E-state index in [0.717, 1.165) is 12.0 Å². The lowest BCUT2D eigenvalue weighted by Crippen LogP contribution is -2.39. The molecule has 0 saturated heterocycles. The van der Waals surface area contributed by atoms with E-state index < -0.39 is 12.0 Å². The second-order valence-corrected chi connectivity index (χ2v) is 5.62. The van der Waals surface area contributed by atoms with Crippen molar-refractivity contribution < 1.29 is 14.7 Å². The molecule has 2 aromatic rings. The first-order valence-electron chi connectivity index (χ1n) is 7.08. The molecule has 0 heterocycles. The predicted molar refractivity (Wildman–Crippen MR) is 80.0 cm³/mol. The molecule has 4 nitrogen and oxygen atoms in total. The Kier molecular flexibility index (Phi) is 3.37. The Labute approximate surface area is 122 Å². The minimum Gasteiger partial charge on any atom is -0.480 e. The molecule has 4 heteroatoms. The minimum absolute atomic E-state index is 0.104. The fraction of sp³-hybridized carbons (Fsp3) is 0.294. The summed E-state index contributed by atoms with van der Waals surface area (Å²) in [6.45, 7) is 1.48. The van der Waals surface area contributed by atoms with E-state index in [-0.39, 0.29) is 17.7 Å². The monoisotopic (exact) mass is 283 g/mol. The molecule has 21 heavy (non-hydrogen) atoms. The largest absolute Gasteiger partial charge is 0.480 e. The van der Waals surface area contributed by atoms with Gasteiger partial charge in [-0.3, -0.25) is 9.59 Å². The highest BCUT2D eigenvalue weighted by molar-refractivity contribution is 5.88. The number of carboxylic acid groups (broad SMARTS) is 1. The second-order valence-electron chi connectivity index (χ2n) is 5.62. The van der Waals surface area contributed by atoms with Gasteiger partial charge in [-0.15, -0.1) is 0 Å². The van der Waals surface area contributed by atoms with E-state index in [1.807, 2.05) is 12.1 Å². The third-order valence-electron chi connectivity index (χ3n) is 4.06. The Morgan fingerprint density at radius 2 is 1.90 bits per heavy atom. The van der Waals surface area contributed by atoms with Crippen molar-refractivity contribution >= 4 is 22.6 Å². The van der Waals surface area contributed by atoms with E-state index >= 15 is 0 Å². The molecule has 1 aliphatic carbocycles. The number of nitrogens with one attached hydrogen (secondary N) is 1. The van der Waals surface area contributed by atoms with Gasteiger partial charge in [0, 0.05) is 5.92 Å². The highest BCUT2D eigenvalue weighted by Gasteiger charge is 2.44. The topological polar surface area (TPSA) is 66.4 Å². The molecule has 0 aromatic heterocycles. The fourth-order valence-corrected chi connectivity index (χ4v) is 2.67. The summed E-state index contributed by atoms with van der Waals surface area (Å²) in [5.41, 5.74) is 1.15. The maximum absolute atomic E-state index is 12.0. The molecule has 0 bridgehead atoms. The number of hydrogen-bond donors (Lipinski definition) is 2. The second kappa shape index (κ2) is 5.20. The van der Waals surface area contributed by atoms with Gasteiger partial charge in [-0.1, -0.05) is 42.5 Å². The molecule has 2 unspecified atom stereocenters. The summed E-state index contributed by atoms with van der Waals surface area (Å²) in [4.78, 5) is 22.8. The van der Waals surface area contributed by atoms with Gasteiger partial charge in [0.05, 0.1) is 0 Å². The Morgan fingerprint density at radius 1 is 1.19 bits per heavy atom. The summed E-state index contributed by atoms with van der Waals surface area (Å²) in [5.74, 6) is -1.07. The number of carbonyl (C=O) groups excluding carboxylic acids is 1. The molecular formula is C17H17NO3. The van der Waals surface area contributed by atoms with E-state index in [2.05, 4.69) is 35.6 Å². The average molecular weight is 283 g/mol. The quantitative estimate of drug-likeness (QED) is 0.906. The van der Waals surface area contributed by atoms with Crippen LogP contribution in [0.2, 0.25) is 0 Å². The first-order chi connectivity index (χ1) is 10.1. The van der Waals surface area contributed by atoms with Gasteiger partial charge in [-0.2, -0.15) is 0 Å². The SMILES string of the molecule is C[C@@H](NC(=O)C1CC1c1ccc2ccccc2c1)C(=O)O. The van der Waals surface area contributed by atoms with Gasteiger partial charge in [-0.25, -0.2) is 0 Å². The average Bonchev–Trinajstić information content (AvgIpc) is 3.27. The Hall–Kier alpha value is -2.36. The Bertz CT molecular complexity index is 710. The highest BCUT2D eigenvalue weighted by atomic mass is 16.4. The zero-order valence-electron chi connectivity index (χ0n) is 11.7. The van der Waals surface area contributed by atoms with E-state index in [0.29, 0.717) is 0 Å². The third-order valence-corrected chi connectivity index (χ3v) is 4.06. The van der Waals surface area contributed by atoms with Crippen molar-refractivity contribution in [3.8, 4) is 0 Å². The summed E-state index contributed by atoms with van der Waals surface area (Å²) >= 11 is 0. The Morgan fingerprint density at radius 3 is 2.62 bits per heavy atom. The lowest BCUT2D eigenvalue weighted by Gasteiger charge is -2.09. The van der Waals surface area contributed by atoms with Gasteiger partial charge < -0.3 is 10.4 Å². The van der Waals surface area contributed by atoms with Crippen LogP contribution in [0.25, 0.3) is 10.8 Å². The number of fused-ring (bicyclic) bond motifs is 1. The van der Waals surface area contributed by atoms with Crippen molar-refractivity contribution in [2.75, 3.05) is 0 Å². The number of hydrogen-bond acceptors (Lipinski definition) is 2. The van der Waals surface area contributed by atoms with Crippen LogP contribution in [0.4, 0.5) is 0 Å². The van der Waals surface area contributed by atoms with E-state index in [9.17, 15) is 9.59 Å². The highest BCUT2D eigenvalue weighted by Crippen LogP contribution is 2.48. The van der Waals surface area contributed by atoms with Crippen molar-refractivity contribution in [1.82, 2.24) is 5.32 Å². The number of aliphatic carboxylic acids is 1. The minimum atomic E-state index is -1.01. The van der Waals surface area contributed by atoms with Crippen LogP contribution in [0, 0.1) is 5.92 Å². The number of carboxylic acids is 1. The van der Waals surface area contributed by atoms with Crippen molar-refractivity contribution in [1.29, 1.82) is 0 Å². The van der Waals surface area contributed by atoms with Gasteiger partial charge in [0.25, 0.3) is 0 Å². The maximum atomic E-state index is 12.0. The van der Waals surface area contributed by atoms with Crippen LogP contribution in [0.5, 0.6) is 0 Å². The number of rotatable bonds is 4. The van der Waals surface area contributed by atoms with Gasteiger partial charge >= 0.3 is 5.97 Å². The van der Waals surface area contributed by atoms with Crippen LogP contribution in [-0.4, -0.2) is 23.0 Å². The molecule has 1 aliphatic rings. The van der Waals surface area contributed by atoms with E-state index in [4.69, 9.17) is 5.11 Å². The number of carbonyl (C=O) groups is 2. The molecule has 1 amide bonds. The molecule has 1 saturated carbocycles. The Balaban J connectivity index is 1.71. The molecule has 0 radical (unpaired) electrons. The molecule has 2 N–H and O–H groups in total. The summed E-state index contributed by atoms with van der Waals surface area (Å²) in [7, 11) is 0. The summed E-state index contributed by atoms with van der Waals surface area (Å²) in [5, 5.41) is 13.7. The molecule has 0 aliphatic heterocycles. The zero-order valence-corrected chi connectivity index (χ0v) is 11.7. The van der Waals surface area contributed by atoms with Gasteiger partial charge in [0.2, 0.25) is 5.91 Å². The standard InChI is InChI=1S/C17H17NO3/c1-10(17(20)21)18-16(19)15-9-14(15)13-7-6-11-4-2-3-5-12(11)8-13/h2-8,10,14-15H,9H2,1H3,(H,18,19)(H,20,21)/t10-,14?,15?/m1/s1. The van der Waals surface area contributed by atoms with Crippen molar-refractivity contribution in [3.63, 3.8) is 0 Å². The molecule has 2 aromatic carbocycles. The van der Waals surface area contributed by atoms with Crippen molar-refractivity contribution in [2.45, 2.75) is 25.3 Å². The van der Waals surface area contributed by atoms with Crippen LogP contribution in [0.1, 0.15) is 24.8 Å². The van der Waals surface area contributed by atoms with E-state index in [1.165, 1.54) is 17.7 Å². The first kappa shape index (κ1) is 13.6. The molecule has 1 fully saturated rings. The third kappa shape index (κ3) is 2.75. The van der Waals surface area contributed by atoms with Crippen LogP contribution >= 0.6 is 0 Å². The fourth-order valence-electron chi connectivity index (χ4n) is 2.67. The van der Waals surface area contributed by atoms with Crippen molar-refractivity contribution in [2.24, 2.45) is 5.92 Å². The molecule has 108 valence electrons. The summed E-state index contributed by atoms with van der Waals surface area (Å²) in [6.07, 6.45) is 0.788. The number of amides is 1. The lowest BCUT2D eigenvalue weighted by molar-refractivity contribution is -0.141. The van der Waals surface area contributed by atoms with Crippen LogP contribution < -0.4 is 5.32 Å². The lowest BCUT2D eigenvalue weighted by atomic mass is 10.0. The molecular weight excluding hydrogens is 266 g/mol. The van der Waals surface area contributed by atoms with E-state index in [1.54, 1.807) is 0 Å².